The molecule has 0 aliphatic heterocycles. The lowest BCUT2D eigenvalue weighted by atomic mass is 9.92. The Morgan fingerprint density at radius 3 is 1.68 bits per heavy atom. The van der Waals surface area contributed by atoms with Crippen molar-refractivity contribution in [2.24, 2.45) is 0 Å². The van der Waals surface area contributed by atoms with Crippen LogP contribution in [0, 0.1) is 27.7 Å². The maximum absolute atomic E-state index is 6.47. The predicted molar refractivity (Wildman–Crippen MR) is 113 cm³/mol. The van der Waals surface area contributed by atoms with Crippen LogP contribution in [0.15, 0.2) is 30.3 Å². The molecule has 0 bridgehead atoms. The van der Waals surface area contributed by atoms with E-state index in [-0.39, 0.29) is 0 Å². The monoisotopic (exact) mass is 374 g/mol. The summed E-state index contributed by atoms with van der Waals surface area (Å²) in [6, 6.07) is 8.63. The van der Waals surface area contributed by atoms with Crippen LogP contribution in [0.1, 0.15) is 66.0 Å². The second kappa shape index (κ2) is 8.92. The van der Waals surface area contributed by atoms with Gasteiger partial charge in [0.1, 0.15) is 0 Å². The zero-order valence-electron chi connectivity index (χ0n) is 16.0. The second-order valence-electron chi connectivity index (χ2n) is 6.91. The Bertz CT molecular complexity index is 679. The largest absolute Gasteiger partial charge is 0.0840 e. The van der Waals surface area contributed by atoms with Gasteiger partial charge >= 0.3 is 0 Å². The van der Waals surface area contributed by atoms with Gasteiger partial charge in [-0.25, -0.2) is 0 Å². The van der Waals surface area contributed by atoms with E-state index in [1.165, 1.54) is 47.1 Å². The highest BCUT2D eigenvalue weighted by atomic mass is 35.5. The van der Waals surface area contributed by atoms with Crippen molar-refractivity contribution in [3.05, 3.63) is 73.8 Å². The third-order valence-corrected chi connectivity index (χ3v) is 5.77. The number of unbranched alkanes of at least 4 members (excludes halogenated alkanes) is 3. The standard InChI is InChI=1S/C23H28Cl2/c1-6-7-8-9-10-21(19-11-15(2)17(4)22(24)13-19)20-12-16(3)18(5)23(25)14-20/h10-14H,6-9H2,1-5H3. The summed E-state index contributed by atoms with van der Waals surface area (Å²) in [7, 11) is 0. The first-order valence-corrected chi connectivity index (χ1v) is 9.85. The quantitative estimate of drug-likeness (QED) is 0.446. The summed E-state index contributed by atoms with van der Waals surface area (Å²) in [6.45, 7) is 10.6. The smallest absolute Gasteiger partial charge is 0.0443 e. The lowest BCUT2D eigenvalue weighted by Gasteiger charge is -2.15. The number of halogens is 2. The van der Waals surface area contributed by atoms with Gasteiger partial charge in [0.2, 0.25) is 0 Å². The van der Waals surface area contributed by atoms with E-state index in [1.54, 1.807) is 0 Å². The van der Waals surface area contributed by atoms with E-state index < -0.39 is 0 Å². The summed E-state index contributed by atoms with van der Waals surface area (Å²) < 4.78 is 0. The average Bonchev–Trinajstić information content (AvgIpc) is 2.57. The summed E-state index contributed by atoms with van der Waals surface area (Å²) in [6.07, 6.45) is 7.10. The second-order valence-corrected chi connectivity index (χ2v) is 7.73. The molecule has 0 amide bonds. The van der Waals surface area contributed by atoms with E-state index in [9.17, 15) is 0 Å². The van der Waals surface area contributed by atoms with Crippen LogP contribution in [0.25, 0.3) is 5.57 Å². The van der Waals surface area contributed by atoms with Crippen LogP contribution in [0.5, 0.6) is 0 Å². The fraction of sp³-hybridized carbons (Fsp3) is 0.391. The van der Waals surface area contributed by atoms with Crippen molar-refractivity contribution >= 4 is 28.8 Å². The fourth-order valence-corrected chi connectivity index (χ4v) is 3.52. The van der Waals surface area contributed by atoms with Gasteiger partial charge in [-0.3, -0.25) is 0 Å². The zero-order valence-corrected chi connectivity index (χ0v) is 17.5. The molecule has 0 aliphatic rings. The molecule has 0 radical (unpaired) electrons. The summed E-state index contributed by atoms with van der Waals surface area (Å²) in [5.41, 5.74) is 8.30. The number of allylic oxidation sites excluding steroid dienone is 1. The maximum atomic E-state index is 6.47. The molecular weight excluding hydrogens is 347 g/mol. The third kappa shape index (κ3) is 4.90. The summed E-state index contributed by atoms with van der Waals surface area (Å²) in [5, 5.41) is 1.65. The first-order valence-electron chi connectivity index (χ1n) is 9.09. The first-order chi connectivity index (χ1) is 11.8. The van der Waals surface area contributed by atoms with Crippen LogP contribution in [0.3, 0.4) is 0 Å². The van der Waals surface area contributed by atoms with E-state index in [2.05, 4.69) is 65.0 Å². The molecule has 0 unspecified atom stereocenters. The zero-order chi connectivity index (χ0) is 18.6. The predicted octanol–water partition coefficient (Wildman–Crippen LogP) is 8.24. The van der Waals surface area contributed by atoms with Gasteiger partial charge in [-0.05, 0) is 91.6 Å². The number of rotatable bonds is 6. The molecule has 0 aromatic heterocycles. The molecule has 0 aliphatic carbocycles. The van der Waals surface area contributed by atoms with Gasteiger partial charge in [0.25, 0.3) is 0 Å². The molecule has 0 fully saturated rings. The lowest BCUT2D eigenvalue weighted by molar-refractivity contribution is 0.729. The summed E-state index contributed by atoms with van der Waals surface area (Å²) in [4.78, 5) is 0. The minimum Gasteiger partial charge on any atom is -0.0840 e. The van der Waals surface area contributed by atoms with Gasteiger partial charge in [-0.2, -0.15) is 0 Å². The molecule has 134 valence electrons. The summed E-state index contributed by atoms with van der Waals surface area (Å²) in [5.74, 6) is 0. The molecule has 0 nitrogen and oxygen atoms in total. The number of hydrogen-bond donors (Lipinski definition) is 0. The first kappa shape index (κ1) is 20.1. The van der Waals surface area contributed by atoms with E-state index in [4.69, 9.17) is 23.2 Å². The highest BCUT2D eigenvalue weighted by molar-refractivity contribution is 6.32. The van der Waals surface area contributed by atoms with Crippen LogP contribution in [0.2, 0.25) is 10.0 Å². The van der Waals surface area contributed by atoms with Crippen LogP contribution in [-0.4, -0.2) is 0 Å². The highest BCUT2D eigenvalue weighted by Gasteiger charge is 2.12. The Labute approximate surface area is 162 Å². The van der Waals surface area contributed by atoms with Gasteiger partial charge < -0.3 is 0 Å². The van der Waals surface area contributed by atoms with Gasteiger partial charge in [-0.1, -0.05) is 61.2 Å². The van der Waals surface area contributed by atoms with Crippen LogP contribution < -0.4 is 0 Å². The van der Waals surface area contributed by atoms with Crippen molar-refractivity contribution in [1.82, 2.24) is 0 Å². The molecule has 0 spiro atoms. The molecule has 0 N–H and O–H groups in total. The Morgan fingerprint density at radius 1 is 0.800 bits per heavy atom. The molecule has 2 rings (SSSR count). The van der Waals surface area contributed by atoms with E-state index >= 15 is 0 Å². The minimum absolute atomic E-state index is 0.824. The van der Waals surface area contributed by atoms with Gasteiger partial charge in [0.15, 0.2) is 0 Å². The van der Waals surface area contributed by atoms with Gasteiger partial charge in [0, 0.05) is 10.0 Å². The molecule has 2 aromatic rings. The molecule has 0 heterocycles. The number of aryl methyl sites for hydroxylation is 2. The van der Waals surface area contributed by atoms with Crippen LogP contribution >= 0.6 is 23.2 Å². The lowest BCUT2D eigenvalue weighted by Crippen LogP contribution is -1.95. The average molecular weight is 375 g/mol. The van der Waals surface area contributed by atoms with Crippen molar-refractivity contribution in [3.63, 3.8) is 0 Å². The van der Waals surface area contributed by atoms with Gasteiger partial charge in [-0.15, -0.1) is 0 Å². The molecule has 0 saturated carbocycles. The van der Waals surface area contributed by atoms with E-state index in [0.29, 0.717) is 0 Å². The third-order valence-electron chi connectivity index (χ3n) is 4.99. The van der Waals surface area contributed by atoms with Crippen molar-refractivity contribution < 1.29 is 0 Å². The molecule has 0 saturated heterocycles. The van der Waals surface area contributed by atoms with Gasteiger partial charge in [0.05, 0.1) is 0 Å². The van der Waals surface area contributed by atoms with Crippen molar-refractivity contribution in [1.29, 1.82) is 0 Å². The maximum Gasteiger partial charge on any atom is 0.0443 e. The highest BCUT2D eigenvalue weighted by Crippen LogP contribution is 2.33. The number of hydrogen-bond acceptors (Lipinski definition) is 0. The van der Waals surface area contributed by atoms with Crippen LogP contribution in [-0.2, 0) is 0 Å². The molecule has 0 atom stereocenters. The van der Waals surface area contributed by atoms with Crippen molar-refractivity contribution in [2.45, 2.75) is 60.3 Å². The minimum atomic E-state index is 0.824. The Morgan fingerprint density at radius 2 is 1.28 bits per heavy atom. The molecule has 2 aromatic carbocycles. The Kier molecular flexibility index (Phi) is 7.16. The summed E-state index contributed by atoms with van der Waals surface area (Å²) >= 11 is 12.9. The van der Waals surface area contributed by atoms with E-state index in [0.717, 1.165) is 27.6 Å². The van der Waals surface area contributed by atoms with Crippen molar-refractivity contribution in [3.8, 4) is 0 Å². The Hall–Kier alpha value is -1.24. The normalized spacial score (nSPS) is 10.8. The molecule has 25 heavy (non-hydrogen) atoms. The van der Waals surface area contributed by atoms with Crippen LogP contribution in [0.4, 0.5) is 0 Å². The molecule has 2 heteroatoms. The molecular formula is C23H28Cl2. The van der Waals surface area contributed by atoms with Crippen molar-refractivity contribution in [2.75, 3.05) is 0 Å². The topological polar surface area (TPSA) is 0 Å². The number of benzene rings is 2. The Balaban J connectivity index is 2.54. The van der Waals surface area contributed by atoms with E-state index in [1.807, 2.05) is 0 Å². The SMILES string of the molecule is CCCCCC=C(c1cc(C)c(C)c(Cl)c1)c1cc(C)c(C)c(Cl)c1. The fourth-order valence-electron chi connectivity index (χ4n) is 2.99.